The molecule has 2 heteroatoms. The van der Waals surface area contributed by atoms with Gasteiger partial charge in [-0.2, -0.15) is 0 Å². The number of hydrogen-bond donors (Lipinski definition) is 1. The molecule has 0 amide bonds. The van der Waals surface area contributed by atoms with Gasteiger partial charge in [0.25, 0.3) is 0 Å². The topological polar surface area (TPSA) is 26.0 Å². The van der Waals surface area contributed by atoms with Crippen molar-refractivity contribution >= 4 is 6.71 Å². The van der Waals surface area contributed by atoms with Crippen LogP contribution in [0.4, 0.5) is 0 Å². The zero-order valence-electron chi connectivity index (χ0n) is 14.6. The quantitative estimate of drug-likeness (QED) is 0.536. The van der Waals surface area contributed by atoms with Crippen molar-refractivity contribution in [3.05, 3.63) is 0 Å². The molecule has 0 aliphatic carbocycles. The van der Waals surface area contributed by atoms with Gasteiger partial charge in [0.1, 0.15) is 0 Å². The fourth-order valence-corrected chi connectivity index (χ4v) is 3.11. The van der Waals surface area contributed by atoms with E-state index in [9.17, 15) is 0 Å². The monoisotopic (exact) mass is 267 g/mol. The number of hydrogen-bond acceptors (Lipinski definition) is 1. The fourth-order valence-electron chi connectivity index (χ4n) is 3.11. The molecule has 0 saturated heterocycles. The van der Waals surface area contributed by atoms with Crippen molar-refractivity contribution in [1.82, 2.24) is 0 Å². The Hall–Kier alpha value is 0.0249. The lowest BCUT2D eigenvalue weighted by Crippen LogP contribution is -2.49. The van der Waals surface area contributed by atoms with Gasteiger partial charge in [-0.3, -0.25) is 0 Å². The molecule has 0 aliphatic rings. The van der Waals surface area contributed by atoms with E-state index in [2.05, 4.69) is 48.4 Å². The van der Waals surface area contributed by atoms with Crippen LogP contribution in [0.15, 0.2) is 0 Å². The van der Waals surface area contributed by atoms with Crippen molar-refractivity contribution in [2.75, 3.05) is 0 Å². The number of rotatable bonds is 10. The summed E-state index contributed by atoms with van der Waals surface area (Å²) >= 11 is 0. The average molecular weight is 267 g/mol. The van der Waals surface area contributed by atoms with E-state index in [1.54, 1.807) is 0 Å². The summed E-state index contributed by atoms with van der Waals surface area (Å²) < 4.78 is 0. The maximum absolute atomic E-state index is 6.52. The second-order valence-corrected chi connectivity index (χ2v) is 7.49. The SMILES string of the molecule is CCCB(C)C(C)(N)CCC(C)CC(CC)C(C)C. The van der Waals surface area contributed by atoms with E-state index in [4.69, 9.17) is 5.73 Å². The molecule has 0 radical (unpaired) electrons. The molecule has 0 aromatic carbocycles. The van der Waals surface area contributed by atoms with Crippen molar-refractivity contribution in [2.24, 2.45) is 23.5 Å². The van der Waals surface area contributed by atoms with E-state index < -0.39 is 0 Å². The van der Waals surface area contributed by atoms with Gasteiger partial charge in [-0.1, -0.05) is 67.5 Å². The molecule has 114 valence electrons. The zero-order valence-corrected chi connectivity index (χ0v) is 14.6. The zero-order chi connectivity index (χ0) is 15.1. The predicted octanol–water partition coefficient (Wildman–Crippen LogP) is 5.27. The van der Waals surface area contributed by atoms with Gasteiger partial charge in [0.05, 0.1) is 0 Å². The molecule has 0 heterocycles. The molecule has 0 rings (SSSR count). The minimum absolute atomic E-state index is 0.0177. The Balaban J connectivity index is 4.17. The third-order valence-electron chi connectivity index (χ3n) is 5.20. The van der Waals surface area contributed by atoms with Crippen LogP contribution in [0.5, 0.6) is 0 Å². The number of nitrogens with two attached hydrogens (primary N) is 1. The lowest BCUT2D eigenvalue weighted by molar-refractivity contribution is 0.282. The minimum Gasteiger partial charge on any atom is -0.332 e. The molecule has 3 atom stereocenters. The van der Waals surface area contributed by atoms with Crippen molar-refractivity contribution < 1.29 is 0 Å². The van der Waals surface area contributed by atoms with Crippen LogP contribution in [-0.2, 0) is 0 Å². The molecular weight excluding hydrogens is 229 g/mol. The largest absolute Gasteiger partial charge is 0.332 e. The molecule has 2 N–H and O–H groups in total. The Bertz CT molecular complexity index is 225. The maximum Gasteiger partial charge on any atom is 0.160 e. The van der Waals surface area contributed by atoms with Crippen molar-refractivity contribution in [3.8, 4) is 0 Å². The Morgan fingerprint density at radius 1 is 1.16 bits per heavy atom. The molecule has 19 heavy (non-hydrogen) atoms. The van der Waals surface area contributed by atoms with Crippen LogP contribution in [0.3, 0.4) is 0 Å². The Morgan fingerprint density at radius 2 is 1.74 bits per heavy atom. The molecule has 0 spiro atoms. The third-order valence-corrected chi connectivity index (χ3v) is 5.20. The van der Waals surface area contributed by atoms with Gasteiger partial charge >= 0.3 is 0 Å². The van der Waals surface area contributed by atoms with Crippen molar-refractivity contribution in [2.45, 2.75) is 92.2 Å². The van der Waals surface area contributed by atoms with Gasteiger partial charge in [0.15, 0.2) is 6.71 Å². The van der Waals surface area contributed by atoms with Crippen LogP contribution in [0.2, 0.25) is 13.1 Å². The van der Waals surface area contributed by atoms with E-state index >= 15 is 0 Å². The van der Waals surface area contributed by atoms with Gasteiger partial charge in [0, 0.05) is 0 Å². The van der Waals surface area contributed by atoms with Gasteiger partial charge in [-0.25, -0.2) is 0 Å². The molecule has 0 aromatic rings. The maximum atomic E-state index is 6.52. The summed E-state index contributed by atoms with van der Waals surface area (Å²) in [6.45, 7) is 16.9. The molecule has 0 aliphatic heterocycles. The van der Waals surface area contributed by atoms with Gasteiger partial charge < -0.3 is 5.73 Å². The average Bonchev–Trinajstić information content (AvgIpc) is 2.33. The summed E-state index contributed by atoms with van der Waals surface area (Å²) in [5, 5.41) is 0. The summed E-state index contributed by atoms with van der Waals surface area (Å²) in [4.78, 5) is 0. The normalized spacial score (nSPS) is 18.2. The smallest absolute Gasteiger partial charge is 0.160 e. The van der Waals surface area contributed by atoms with E-state index in [1.807, 2.05) is 0 Å². The van der Waals surface area contributed by atoms with Crippen LogP contribution in [0.1, 0.15) is 73.6 Å². The first-order valence-electron chi connectivity index (χ1n) is 8.53. The summed E-state index contributed by atoms with van der Waals surface area (Å²) in [7, 11) is 0. The highest BCUT2D eigenvalue weighted by Crippen LogP contribution is 2.28. The molecule has 0 aromatic heterocycles. The Kier molecular flexibility index (Phi) is 9.06. The highest BCUT2D eigenvalue weighted by Gasteiger charge is 2.29. The highest BCUT2D eigenvalue weighted by molar-refractivity contribution is 6.60. The third kappa shape index (κ3) is 7.39. The summed E-state index contributed by atoms with van der Waals surface area (Å²) in [5.41, 5.74) is 6.54. The highest BCUT2D eigenvalue weighted by atomic mass is 14.7. The molecule has 3 unspecified atom stereocenters. The minimum atomic E-state index is 0.0177. The Labute approximate surface area is 123 Å². The fraction of sp³-hybridized carbons (Fsp3) is 1.00. The molecular formula is C17H38BN. The second kappa shape index (κ2) is 9.05. The van der Waals surface area contributed by atoms with Crippen LogP contribution in [0.25, 0.3) is 0 Å². The molecule has 0 saturated carbocycles. The van der Waals surface area contributed by atoms with Gasteiger partial charge in [-0.05, 0) is 42.5 Å². The van der Waals surface area contributed by atoms with E-state index in [-0.39, 0.29) is 5.44 Å². The first-order valence-corrected chi connectivity index (χ1v) is 8.53. The van der Waals surface area contributed by atoms with Crippen molar-refractivity contribution in [1.29, 1.82) is 0 Å². The van der Waals surface area contributed by atoms with Crippen LogP contribution in [0, 0.1) is 17.8 Å². The van der Waals surface area contributed by atoms with E-state index in [1.165, 1.54) is 38.4 Å². The first kappa shape index (κ1) is 19.0. The van der Waals surface area contributed by atoms with E-state index in [0.717, 1.165) is 17.8 Å². The summed E-state index contributed by atoms with van der Waals surface area (Å²) in [6.07, 6.45) is 7.63. The lowest BCUT2D eigenvalue weighted by Gasteiger charge is -2.31. The molecule has 0 fully saturated rings. The molecule has 0 bridgehead atoms. The second-order valence-electron chi connectivity index (χ2n) is 7.49. The van der Waals surface area contributed by atoms with Crippen LogP contribution < -0.4 is 5.73 Å². The summed E-state index contributed by atoms with van der Waals surface area (Å²) in [6, 6.07) is 0. The first-order chi connectivity index (χ1) is 8.74. The summed E-state index contributed by atoms with van der Waals surface area (Å²) in [5.74, 6) is 2.51. The van der Waals surface area contributed by atoms with Crippen LogP contribution in [-0.4, -0.2) is 12.2 Å². The Morgan fingerprint density at radius 3 is 2.16 bits per heavy atom. The van der Waals surface area contributed by atoms with Gasteiger partial charge in [-0.15, -0.1) is 0 Å². The molecule has 1 nitrogen and oxygen atoms in total. The predicted molar refractivity (Wildman–Crippen MR) is 90.9 cm³/mol. The van der Waals surface area contributed by atoms with Crippen molar-refractivity contribution in [3.63, 3.8) is 0 Å². The lowest BCUT2D eigenvalue weighted by atomic mass is 9.36. The van der Waals surface area contributed by atoms with Crippen LogP contribution >= 0.6 is 0 Å². The van der Waals surface area contributed by atoms with E-state index in [0.29, 0.717) is 6.71 Å². The van der Waals surface area contributed by atoms with Gasteiger partial charge in [0.2, 0.25) is 0 Å². The standard InChI is InChI=1S/C17H38BN/c1-8-12-18(7)17(6,19)11-10-15(5)13-16(9-2)14(3)4/h14-16H,8-13,19H2,1-7H3.